The molecule has 6 nitrogen and oxygen atoms in total. The summed E-state index contributed by atoms with van der Waals surface area (Å²) in [6.07, 6.45) is 0.153. The Labute approximate surface area is 195 Å². The highest BCUT2D eigenvalue weighted by Gasteiger charge is 2.16. The Balaban J connectivity index is 1.34. The number of hydrogen-bond donors (Lipinski definition) is 1. The van der Waals surface area contributed by atoms with Crippen molar-refractivity contribution in [2.45, 2.75) is 20.0 Å². The molecule has 1 N–H and O–H groups in total. The van der Waals surface area contributed by atoms with Crippen LogP contribution >= 0.6 is 11.3 Å². The van der Waals surface area contributed by atoms with E-state index >= 15 is 0 Å². The van der Waals surface area contributed by atoms with Gasteiger partial charge in [-0.3, -0.25) is 4.79 Å². The van der Waals surface area contributed by atoms with Crippen LogP contribution < -0.4 is 10.1 Å². The van der Waals surface area contributed by atoms with Crippen molar-refractivity contribution in [3.63, 3.8) is 0 Å². The van der Waals surface area contributed by atoms with Gasteiger partial charge in [-0.25, -0.2) is 9.78 Å². The van der Waals surface area contributed by atoms with E-state index < -0.39 is 5.97 Å². The van der Waals surface area contributed by atoms with Crippen molar-refractivity contribution in [1.29, 1.82) is 0 Å². The summed E-state index contributed by atoms with van der Waals surface area (Å²) in [5.41, 5.74) is 2.70. The number of carbonyl (C=O) groups is 2. The second kappa shape index (κ2) is 10.6. The van der Waals surface area contributed by atoms with Crippen LogP contribution in [0.2, 0.25) is 0 Å². The summed E-state index contributed by atoms with van der Waals surface area (Å²) in [5, 5.41) is 5.33. The van der Waals surface area contributed by atoms with E-state index in [-0.39, 0.29) is 18.9 Å². The van der Waals surface area contributed by atoms with Gasteiger partial charge in [-0.1, -0.05) is 48.5 Å². The highest BCUT2D eigenvalue weighted by molar-refractivity contribution is 7.09. The first-order chi connectivity index (χ1) is 16.1. The van der Waals surface area contributed by atoms with Gasteiger partial charge in [0.1, 0.15) is 28.7 Å². The fourth-order valence-electron chi connectivity index (χ4n) is 3.10. The number of aryl methyl sites for hydroxylation is 1. The number of para-hydroxylation sites is 3. The van der Waals surface area contributed by atoms with Gasteiger partial charge in [0, 0.05) is 11.1 Å². The van der Waals surface area contributed by atoms with Crippen LogP contribution in [-0.2, 0) is 22.6 Å². The maximum absolute atomic E-state index is 12.7. The minimum atomic E-state index is -0.506. The third-order valence-corrected chi connectivity index (χ3v) is 5.66. The molecule has 1 heterocycles. The van der Waals surface area contributed by atoms with Crippen LogP contribution in [-0.4, -0.2) is 16.9 Å². The van der Waals surface area contributed by atoms with E-state index in [1.165, 1.54) is 11.3 Å². The standard InChI is InChI=1S/C26H22N2O4S/c1-18-9-5-7-13-22(18)28-24(29)15-25-27-19(17-33-25)16-31-26(30)21-12-6-8-14-23(21)32-20-10-3-2-4-11-20/h2-14,17H,15-16H2,1H3,(H,28,29). The molecule has 4 rings (SSSR count). The van der Waals surface area contributed by atoms with Crippen LogP contribution in [0, 0.1) is 6.92 Å². The van der Waals surface area contributed by atoms with E-state index in [9.17, 15) is 9.59 Å². The fourth-order valence-corrected chi connectivity index (χ4v) is 3.88. The van der Waals surface area contributed by atoms with Gasteiger partial charge in [-0.15, -0.1) is 11.3 Å². The molecule has 4 aromatic rings. The summed E-state index contributed by atoms with van der Waals surface area (Å²) in [6.45, 7) is 1.95. The molecule has 0 spiro atoms. The summed E-state index contributed by atoms with van der Waals surface area (Å²) < 4.78 is 11.3. The maximum Gasteiger partial charge on any atom is 0.342 e. The number of carbonyl (C=O) groups excluding carboxylic acids is 2. The highest BCUT2D eigenvalue weighted by atomic mass is 32.1. The lowest BCUT2D eigenvalue weighted by Crippen LogP contribution is -2.15. The molecule has 33 heavy (non-hydrogen) atoms. The quantitative estimate of drug-likeness (QED) is 0.339. The Morgan fingerprint density at radius 3 is 2.48 bits per heavy atom. The van der Waals surface area contributed by atoms with Gasteiger partial charge in [0.05, 0.1) is 12.1 Å². The lowest BCUT2D eigenvalue weighted by Gasteiger charge is -2.10. The minimum Gasteiger partial charge on any atom is -0.456 e. The zero-order valence-corrected chi connectivity index (χ0v) is 18.8. The molecular weight excluding hydrogens is 436 g/mol. The summed E-state index contributed by atoms with van der Waals surface area (Å²) >= 11 is 1.36. The normalized spacial score (nSPS) is 10.5. The van der Waals surface area contributed by atoms with Crippen molar-refractivity contribution in [3.8, 4) is 11.5 Å². The lowest BCUT2D eigenvalue weighted by atomic mass is 10.2. The average molecular weight is 459 g/mol. The molecular formula is C26H22N2O4S. The minimum absolute atomic E-state index is 0.00835. The molecule has 1 aromatic heterocycles. The molecule has 0 aliphatic carbocycles. The van der Waals surface area contributed by atoms with Crippen molar-refractivity contribution in [2.24, 2.45) is 0 Å². The molecule has 0 saturated carbocycles. The van der Waals surface area contributed by atoms with Gasteiger partial charge in [0.25, 0.3) is 0 Å². The molecule has 0 unspecified atom stereocenters. The number of amides is 1. The Bertz CT molecular complexity index is 1250. The van der Waals surface area contributed by atoms with E-state index in [4.69, 9.17) is 9.47 Å². The zero-order valence-electron chi connectivity index (χ0n) is 18.0. The number of aromatic nitrogens is 1. The molecule has 3 aromatic carbocycles. The van der Waals surface area contributed by atoms with E-state index in [1.807, 2.05) is 61.5 Å². The van der Waals surface area contributed by atoms with Gasteiger partial charge in [0.2, 0.25) is 5.91 Å². The third kappa shape index (κ3) is 6.05. The van der Waals surface area contributed by atoms with Gasteiger partial charge < -0.3 is 14.8 Å². The van der Waals surface area contributed by atoms with Crippen LogP contribution in [0.15, 0.2) is 84.2 Å². The molecule has 166 valence electrons. The first kappa shape index (κ1) is 22.2. The Hall–Kier alpha value is -3.97. The van der Waals surface area contributed by atoms with Gasteiger partial charge in [-0.2, -0.15) is 0 Å². The monoisotopic (exact) mass is 458 g/mol. The molecule has 7 heteroatoms. The summed E-state index contributed by atoms with van der Waals surface area (Å²) in [5.74, 6) is 0.397. The number of hydrogen-bond acceptors (Lipinski definition) is 6. The summed E-state index contributed by atoms with van der Waals surface area (Å²) in [4.78, 5) is 29.4. The van der Waals surface area contributed by atoms with Crippen molar-refractivity contribution < 1.29 is 19.1 Å². The second-order valence-electron chi connectivity index (χ2n) is 7.26. The van der Waals surface area contributed by atoms with Crippen molar-refractivity contribution in [2.75, 3.05) is 5.32 Å². The van der Waals surface area contributed by atoms with Crippen LogP contribution in [0.1, 0.15) is 26.6 Å². The topological polar surface area (TPSA) is 77.5 Å². The number of nitrogens with zero attached hydrogens (tertiary/aromatic N) is 1. The van der Waals surface area contributed by atoms with Crippen LogP contribution in [0.4, 0.5) is 5.69 Å². The number of anilines is 1. The van der Waals surface area contributed by atoms with Gasteiger partial charge in [-0.05, 0) is 42.8 Å². The van der Waals surface area contributed by atoms with Gasteiger partial charge in [0.15, 0.2) is 0 Å². The largest absolute Gasteiger partial charge is 0.456 e. The number of benzene rings is 3. The Morgan fingerprint density at radius 2 is 1.67 bits per heavy atom. The van der Waals surface area contributed by atoms with Crippen molar-refractivity contribution in [1.82, 2.24) is 4.98 Å². The average Bonchev–Trinajstić information content (AvgIpc) is 3.27. The number of esters is 1. The molecule has 1 amide bonds. The summed E-state index contributed by atoms with van der Waals surface area (Å²) in [7, 11) is 0. The van der Waals surface area contributed by atoms with E-state index in [0.29, 0.717) is 27.8 Å². The van der Waals surface area contributed by atoms with E-state index in [2.05, 4.69) is 10.3 Å². The molecule has 0 aliphatic heterocycles. The van der Waals surface area contributed by atoms with Crippen LogP contribution in [0.25, 0.3) is 0 Å². The van der Waals surface area contributed by atoms with Crippen LogP contribution in [0.3, 0.4) is 0 Å². The Kier molecular flexibility index (Phi) is 7.12. The lowest BCUT2D eigenvalue weighted by molar-refractivity contribution is -0.115. The number of ether oxygens (including phenoxy) is 2. The second-order valence-corrected chi connectivity index (χ2v) is 8.20. The maximum atomic E-state index is 12.7. The molecule has 0 aliphatic rings. The van der Waals surface area contributed by atoms with Crippen molar-refractivity contribution in [3.05, 3.63) is 106 Å². The predicted octanol–water partition coefficient (Wildman–Crippen LogP) is 5.78. The molecule has 0 saturated heterocycles. The molecule has 0 atom stereocenters. The van der Waals surface area contributed by atoms with Gasteiger partial charge >= 0.3 is 5.97 Å². The molecule has 0 fully saturated rings. The number of thiazole rings is 1. The van der Waals surface area contributed by atoms with Crippen LogP contribution in [0.5, 0.6) is 11.5 Å². The highest BCUT2D eigenvalue weighted by Crippen LogP contribution is 2.26. The zero-order chi connectivity index (χ0) is 23.0. The van der Waals surface area contributed by atoms with E-state index in [1.54, 1.807) is 29.6 Å². The fraction of sp³-hybridized carbons (Fsp3) is 0.115. The number of rotatable bonds is 8. The predicted molar refractivity (Wildman–Crippen MR) is 128 cm³/mol. The molecule has 0 bridgehead atoms. The van der Waals surface area contributed by atoms with E-state index in [0.717, 1.165) is 11.3 Å². The third-order valence-electron chi connectivity index (χ3n) is 4.76. The smallest absolute Gasteiger partial charge is 0.342 e. The number of nitrogens with one attached hydrogen (secondary N) is 1. The Morgan fingerprint density at radius 1 is 0.939 bits per heavy atom. The van der Waals surface area contributed by atoms with Crippen molar-refractivity contribution >= 4 is 28.9 Å². The molecule has 0 radical (unpaired) electrons. The first-order valence-electron chi connectivity index (χ1n) is 10.4. The summed E-state index contributed by atoms with van der Waals surface area (Å²) in [6, 6.07) is 23.8. The SMILES string of the molecule is Cc1ccccc1NC(=O)Cc1nc(COC(=O)c2ccccc2Oc2ccccc2)cs1. The first-order valence-corrected chi connectivity index (χ1v) is 11.2.